The van der Waals surface area contributed by atoms with Crippen molar-refractivity contribution in [2.75, 3.05) is 11.1 Å². The molecule has 2 aromatic carbocycles. The molecule has 0 aliphatic heterocycles. The highest BCUT2D eigenvalue weighted by atomic mass is 16.1. The fourth-order valence-corrected chi connectivity index (χ4v) is 4.10. The minimum Gasteiger partial charge on any atom is -0.368 e. The predicted octanol–water partition coefficient (Wildman–Crippen LogP) is 3.86. The molecule has 170 valence electrons. The molecule has 3 aromatic heterocycles. The number of nitrogens with two attached hydrogens (primary N) is 1. The Balaban J connectivity index is 1.75. The fraction of sp³-hybridized carbons (Fsp3) is 0.0769. The number of nitriles is 1. The van der Waals surface area contributed by atoms with Crippen LogP contribution in [0.1, 0.15) is 24.2 Å². The van der Waals surface area contributed by atoms with Crippen molar-refractivity contribution >= 4 is 22.5 Å². The molecular formula is C26H20N8O. The third kappa shape index (κ3) is 4.05. The van der Waals surface area contributed by atoms with Gasteiger partial charge in [0, 0.05) is 16.9 Å². The van der Waals surface area contributed by atoms with Crippen molar-refractivity contribution in [2.45, 2.75) is 13.0 Å². The number of pyridine rings is 1. The molecule has 3 heterocycles. The number of anilines is 2. The Morgan fingerprint density at radius 2 is 1.89 bits per heavy atom. The lowest BCUT2D eigenvalue weighted by atomic mass is 9.99. The predicted molar refractivity (Wildman–Crippen MR) is 134 cm³/mol. The molecule has 5 rings (SSSR count). The third-order valence-corrected chi connectivity index (χ3v) is 5.71. The summed E-state index contributed by atoms with van der Waals surface area (Å²) in [7, 11) is 0. The van der Waals surface area contributed by atoms with Gasteiger partial charge < -0.3 is 11.1 Å². The van der Waals surface area contributed by atoms with Gasteiger partial charge in [0.15, 0.2) is 0 Å². The Hall–Kier alpha value is -5.10. The van der Waals surface area contributed by atoms with Crippen LogP contribution in [0, 0.1) is 11.3 Å². The fourth-order valence-electron chi connectivity index (χ4n) is 4.10. The van der Waals surface area contributed by atoms with Crippen LogP contribution in [-0.4, -0.2) is 24.7 Å². The van der Waals surface area contributed by atoms with E-state index in [1.165, 1.54) is 6.20 Å². The van der Waals surface area contributed by atoms with E-state index in [0.717, 1.165) is 16.5 Å². The normalized spacial score (nSPS) is 11.7. The Labute approximate surface area is 200 Å². The lowest BCUT2D eigenvalue weighted by molar-refractivity contribution is 0.772. The van der Waals surface area contributed by atoms with Gasteiger partial charge in [0.1, 0.15) is 17.5 Å². The van der Waals surface area contributed by atoms with Gasteiger partial charge in [0.25, 0.3) is 5.56 Å². The minimum atomic E-state index is -0.403. The molecule has 0 saturated carbocycles. The molecule has 3 N–H and O–H groups in total. The van der Waals surface area contributed by atoms with Crippen LogP contribution in [0.5, 0.6) is 0 Å². The standard InChI is InChI=1S/C26H20N8O/c1-16(32-24-19(13-27)14-29-26(28)33-24)22-12-17-6-5-9-21(18-10-11-30-31-15-18)23(17)25(35)34(22)20-7-3-2-4-8-20/h2-12,14-16H,1H3,(H3,28,29,32,33)/t16-/m0/s1. The molecular weight excluding hydrogens is 440 g/mol. The first kappa shape index (κ1) is 21.7. The molecule has 9 heteroatoms. The number of benzene rings is 2. The summed E-state index contributed by atoms with van der Waals surface area (Å²) in [5, 5.41) is 21.9. The lowest BCUT2D eigenvalue weighted by Crippen LogP contribution is -2.26. The third-order valence-electron chi connectivity index (χ3n) is 5.71. The Morgan fingerprint density at radius 1 is 1.06 bits per heavy atom. The van der Waals surface area contributed by atoms with E-state index in [4.69, 9.17) is 5.73 Å². The number of nitrogen functional groups attached to an aromatic ring is 1. The summed E-state index contributed by atoms with van der Waals surface area (Å²) in [6.45, 7) is 1.90. The van der Waals surface area contributed by atoms with Crippen molar-refractivity contribution in [3.8, 4) is 22.9 Å². The van der Waals surface area contributed by atoms with Crippen molar-refractivity contribution in [1.29, 1.82) is 5.26 Å². The number of rotatable bonds is 5. The van der Waals surface area contributed by atoms with E-state index in [0.29, 0.717) is 22.6 Å². The minimum absolute atomic E-state index is 0.0493. The number of nitrogens with zero attached hydrogens (tertiary/aromatic N) is 6. The van der Waals surface area contributed by atoms with Crippen molar-refractivity contribution in [3.63, 3.8) is 0 Å². The van der Waals surface area contributed by atoms with Crippen LogP contribution in [0.4, 0.5) is 11.8 Å². The highest BCUT2D eigenvalue weighted by Crippen LogP contribution is 2.30. The van der Waals surface area contributed by atoms with E-state index in [-0.39, 0.29) is 17.1 Å². The molecule has 9 nitrogen and oxygen atoms in total. The van der Waals surface area contributed by atoms with Gasteiger partial charge in [-0.3, -0.25) is 9.36 Å². The number of aromatic nitrogens is 5. The molecule has 0 spiro atoms. The molecule has 0 saturated heterocycles. The van der Waals surface area contributed by atoms with Gasteiger partial charge in [0.05, 0.1) is 30.0 Å². The SMILES string of the molecule is C[C@H](Nc1nc(N)ncc1C#N)c1cc2cccc(-c3ccnnc3)c2c(=O)n1-c1ccccc1. The van der Waals surface area contributed by atoms with Crippen LogP contribution < -0.4 is 16.6 Å². The monoisotopic (exact) mass is 460 g/mol. The number of nitrogens with one attached hydrogen (secondary N) is 1. The molecule has 0 fully saturated rings. The number of hydrogen-bond acceptors (Lipinski definition) is 8. The summed E-state index contributed by atoms with van der Waals surface area (Å²) in [5.74, 6) is 0.351. The van der Waals surface area contributed by atoms with Crippen LogP contribution in [0.15, 0.2) is 84.0 Å². The zero-order valence-electron chi connectivity index (χ0n) is 18.8. The first-order valence-electron chi connectivity index (χ1n) is 10.9. The molecule has 0 unspecified atom stereocenters. The summed E-state index contributed by atoms with van der Waals surface area (Å²) < 4.78 is 1.68. The van der Waals surface area contributed by atoms with Crippen molar-refractivity contribution in [2.24, 2.45) is 0 Å². The van der Waals surface area contributed by atoms with Gasteiger partial charge in [-0.2, -0.15) is 20.4 Å². The maximum absolute atomic E-state index is 14.1. The molecule has 0 amide bonds. The van der Waals surface area contributed by atoms with Crippen molar-refractivity contribution in [1.82, 2.24) is 24.7 Å². The second-order valence-electron chi connectivity index (χ2n) is 7.91. The maximum Gasteiger partial charge on any atom is 0.263 e. The average Bonchev–Trinajstić information content (AvgIpc) is 2.89. The van der Waals surface area contributed by atoms with Gasteiger partial charge in [-0.15, -0.1) is 0 Å². The molecule has 0 aliphatic carbocycles. The van der Waals surface area contributed by atoms with Crippen LogP contribution in [0.25, 0.3) is 27.6 Å². The first-order chi connectivity index (χ1) is 17.1. The van der Waals surface area contributed by atoms with Crippen LogP contribution >= 0.6 is 0 Å². The first-order valence-corrected chi connectivity index (χ1v) is 10.9. The zero-order valence-corrected chi connectivity index (χ0v) is 18.8. The molecule has 0 aliphatic rings. The highest BCUT2D eigenvalue weighted by Gasteiger charge is 2.20. The molecule has 1 atom stereocenters. The van der Waals surface area contributed by atoms with E-state index in [2.05, 4.69) is 31.6 Å². The Morgan fingerprint density at radius 3 is 2.63 bits per heavy atom. The van der Waals surface area contributed by atoms with Gasteiger partial charge in [-0.25, -0.2) is 4.98 Å². The smallest absolute Gasteiger partial charge is 0.263 e. The Kier molecular flexibility index (Phi) is 5.61. The summed E-state index contributed by atoms with van der Waals surface area (Å²) in [5.41, 5.74) is 8.82. The van der Waals surface area contributed by atoms with E-state index in [1.807, 2.05) is 67.6 Å². The quantitative estimate of drug-likeness (QED) is 0.403. The van der Waals surface area contributed by atoms with Crippen LogP contribution in [0.2, 0.25) is 0 Å². The van der Waals surface area contributed by atoms with Crippen molar-refractivity contribution < 1.29 is 0 Å². The Bertz CT molecular complexity index is 1630. The maximum atomic E-state index is 14.1. The summed E-state index contributed by atoms with van der Waals surface area (Å²) >= 11 is 0. The summed E-state index contributed by atoms with van der Waals surface area (Å²) in [6.07, 6.45) is 4.61. The molecule has 35 heavy (non-hydrogen) atoms. The van der Waals surface area contributed by atoms with Gasteiger partial charge in [-0.1, -0.05) is 36.4 Å². The van der Waals surface area contributed by atoms with Crippen LogP contribution in [0.3, 0.4) is 0 Å². The van der Waals surface area contributed by atoms with Gasteiger partial charge in [0.2, 0.25) is 5.95 Å². The number of hydrogen-bond donors (Lipinski definition) is 2. The topological polar surface area (TPSA) is 135 Å². The number of fused-ring (bicyclic) bond motifs is 1. The van der Waals surface area contributed by atoms with E-state index < -0.39 is 6.04 Å². The second kappa shape index (κ2) is 9.03. The number of para-hydroxylation sites is 1. The summed E-state index contributed by atoms with van der Waals surface area (Å²) in [6, 6.07) is 20.6. The van der Waals surface area contributed by atoms with Crippen LogP contribution in [-0.2, 0) is 0 Å². The molecule has 5 aromatic rings. The largest absolute Gasteiger partial charge is 0.368 e. The second-order valence-corrected chi connectivity index (χ2v) is 7.91. The molecule has 0 bridgehead atoms. The lowest BCUT2D eigenvalue weighted by Gasteiger charge is -2.22. The van der Waals surface area contributed by atoms with Gasteiger partial charge >= 0.3 is 0 Å². The van der Waals surface area contributed by atoms with E-state index in [1.54, 1.807) is 17.0 Å². The molecule has 0 radical (unpaired) electrons. The van der Waals surface area contributed by atoms with Crippen molar-refractivity contribution in [3.05, 3.63) is 101 Å². The average molecular weight is 461 g/mol. The van der Waals surface area contributed by atoms with E-state index >= 15 is 0 Å². The highest BCUT2D eigenvalue weighted by molar-refractivity contribution is 5.96. The summed E-state index contributed by atoms with van der Waals surface area (Å²) in [4.78, 5) is 22.2. The zero-order chi connectivity index (χ0) is 24.4. The van der Waals surface area contributed by atoms with E-state index in [9.17, 15) is 10.1 Å². The van der Waals surface area contributed by atoms with Gasteiger partial charge in [-0.05, 0) is 42.1 Å².